The lowest BCUT2D eigenvalue weighted by Gasteiger charge is -2.28. The second-order valence-electron chi connectivity index (χ2n) is 6.37. The number of amides is 2. The van der Waals surface area contributed by atoms with Crippen LogP contribution < -0.4 is 5.32 Å². The highest BCUT2D eigenvalue weighted by molar-refractivity contribution is 8.26. The van der Waals surface area contributed by atoms with Gasteiger partial charge in [-0.25, -0.2) is 4.98 Å². The number of nitrogens with zero attached hydrogens (tertiary/aromatic N) is 2. The topological polar surface area (TPSA) is 91.2 Å². The molecule has 0 aliphatic carbocycles. The van der Waals surface area contributed by atoms with Crippen LogP contribution in [0.3, 0.4) is 0 Å². The quantitative estimate of drug-likeness (QED) is 0.544. The summed E-state index contributed by atoms with van der Waals surface area (Å²) in [5.41, 5.74) is 0.934. The Morgan fingerprint density at radius 1 is 1.52 bits per heavy atom. The first-order valence-electron chi connectivity index (χ1n) is 8.53. The lowest BCUT2D eigenvalue weighted by atomic mass is 10.0. The van der Waals surface area contributed by atoms with E-state index in [1.807, 2.05) is 13.8 Å². The van der Waals surface area contributed by atoms with Gasteiger partial charge >= 0.3 is 0 Å². The first-order valence-corrected chi connectivity index (χ1v) is 9.75. The summed E-state index contributed by atoms with van der Waals surface area (Å²) in [6.45, 7) is 4.24. The Morgan fingerprint density at radius 2 is 2.33 bits per heavy atom. The number of carbonyl (C=O) groups excluding carboxylic acids is 2. The van der Waals surface area contributed by atoms with Crippen LogP contribution in [0.2, 0.25) is 0 Å². The molecule has 1 aliphatic heterocycles. The predicted molar refractivity (Wildman–Crippen MR) is 108 cm³/mol. The van der Waals surface area contributed by atoms with Gasteiger partial charge in [0.15, 0.2) is 0 Å². The van der Waals surface area contributed by atoms with Crippen LogP contribution in [0.1, 0.15) is 25.3 Å². The Hall–Kier alpha value is -2.39. The predicted octanol–water partition coefficient (Wildman–Crippen LogP) is 2.59. The summed E-state index contributed by atoms with van der Waals surface area (Å²) < 4.78 is 5.64. The van der Waals surface area contributed by atoms with Crippen molar-refractivity contribution in [1.29, 1.82) is 0 Å². The Balaban J connectivity index is 1.70. The average molecular weight is 405 g/mol. The summed E-state index contributed by atoms with van der Waals surface area (Å²) in [5.74, 6) is -0.0212. The number of thiocarbonyl (C=S) groups is 1. The average Bonchev–Trinajstić information content (AvgIpc) is 3.35. The highest BCUT2D eigenvalue weighted by Crippen LogP contribution is 2.35. The van der Waals surface area contributed by atoms with Gasteiger partial charge in [0, 0.05) is 30.9 Å². The fraction of sp³-hybridized carbons (Fsp3) is 0.333. The van der Waals surface area contributed by atoms with Crippen LogP contribution >= 0.6 is 24.0 Å². The number of thioether (sulfide) groups is 1. The molecule has 0 bridgehead atoms. The third kappa shape index (κ3) is 4.48. The molecule has 2 aromatic rings. The Morgan fingerprint density at radius 3 is 2.96 bits per heavy atom. The number of hydrogen-bond acceptors (Lipinski definition) is 6. The van der Waals surface area contributed by atoms with Crippen molar-refractivity contribution in [1.82, 2.24) is 20.2 Å². The van der Waals surface area contributed by atoms with E-state index in [1.165, 1.54) is 22.9 Å². The van der Waals surface area contributed by atoms with Gasteiger partial charge in [0.25, 0.3) is 5.91 Å². The molecule has 1 aliphatic rings. The molecule has 1 saturated heterocycles. The van der Waals surface area contributed by atoms with E-state index in [-0.39, 0.29) is 17.7 Å². The number of aromatic amines is 1. The molecule has 1 fully saturated rings. The molecule has 27 heavy (non-hydrogen) atoms. The molecule has 2 N–H and O–H groups in total. The zero-order chi connectivity index (χ0) is 19.4. The van der Waals surface area contributed by atoms with Crippen LogP contribution in [-0.2, 0) is 16.0 Å². The molecule has 0 spiro atoms. The zero-order valence-electron chi connectivity index (χ0n) is 15.0. The third-order valence-corrected chi connectivity index (χ3v) is 5.40. The van der Waals surface area contributed by atoms with Gasteiger partial charge in [-0.15, -0.1) is 0 Å². The van der Waals surface area contributed by atoms with Crippen LogP contribution in [0.4, 0.5) is 0 Å². The van der Waals surface area contributed by atoms with Crippen molar-refractivity contribution in [3.63, 3.8) is 0 Å². The molecule has 0 unspecified atom stereocenters. The summed E-state index contributed by atoms with van der Waals surface area (Å²) in [6, 6.07) is 2.84. The van der Waals surface area contributed by atoms with Crippen molar-refractivity contribution >= 4 is 46.2 Å². The molecule has 9 heteroatoms. The number of nitrogens with one attached hydrogen (secondary N) is 2. The standard InChI is InChI=1S/C18H20N4O3S2/c1-11(2)15(16(23)20-6-5-12-9-19-10-21-12)22-17(24)14(27-18(22)26)8-13-4-3-7-25-13/h3-4,7-11,15H,5-6H2,1-2H3,(H,19,21)(H,20,23)/b14-8-/t15-/m1/s1. The summed E-state index contributed by atoms with van der Waals surface area (Å²) >= 11 is 6.57. The minimum atomic E-state index is -0.665. The van der Waals surface area contributed by atoms with Crippen LogP contribution in [-0.4, -0.2) is 43.6 Å². The van der Waals surface area contributed by atoms with Crippen LogP contribution in [0.15, 0.2) is 40.2 Å². The minimum Gasteiger partial charge on any atom is -0.465 e. The summed E-state index contributed by atoms with van der Waals surface area (Å²) in [6.07, 6.45) is 7.13. The molecule has 1 atom stereocenters. The first kappa shape index (κ1) is 19.4. The maximum Gasteiger partial charge on any atom is 0.267 e. The van der Waals surface area contributed by atoms with E-state index in [9.17, 15) is 9.59 Å². The van der Waals surface area contributed by atoms with Crippen molar-refractivity contribution in [2.24, 2.45) is 5.92 Å². The van der Waals surface area contributed by atoms with Gasteiger partial charge in [0.2, 0.25) is 5.91 Å². The molecule has 2 amide bonds. The molecular formula is C18H20N4O3S2. The number of H-pyrrole nitrogens is 1. The molecule has 0 saturated carbocycles. The van der Waals surface area contributed by atoms with Crippen molar-refractivity contribution in [2.75, 3.05) is 6.54 Å². The van der Waals surface area contributed by atoms with Crippen LogP contribution in [0.5, 0.6) is 0 Å². The Kier molecular flexibility index (Phi) is 6.12. The van der Waals surface area contributed by atoms with Crippen molar-refractivity contribution < 1.29 is 14.0 Å². The van der Waals surface area contributed by atoms with E-state index in [0.717, 1.165) is 5.69 Å². The van der Waals surface area contributed by atoms with Gasteiger partial charge in [-0.2, -0.15) is 0 Å². The number of rotatable bonds is 7. The maximum absolute atomic E-state index is 12.9. The minimum absolute atomic E-state index is 0.0948. The van der Waals surface area contributed by atoms with Gasteiger partial charge < -0.3 is 14.7 Å². The molecule has 2 aromatic heterocycles. The van der Waals surface area contributed by atoms with Crippen LogP contribution in [0.25, 0.3) is 6.08 Å². The number of hydrogen-bond donors (Lipinski definition) is 2. The van der Waals surface area contributed by atoms with Crippen molar-refractivity contribution in [3.05, 3.63) is 47.3 Å². The summed E-state index contributed by atoms with van der Waals surface area (Å²) in [5, 5.41) is 2.89. The fourth-order valence-electron chi connectivity index (χ4n) is 2.79. The highest BCUT2D eigenvalue weighted by atomic mass is 32.2. The van der Waals surface area contributed by atoms with Gasteiger partial charge in [-0.3, -0.25) is 14.5 Å². The fourth-order valence-corrected chi connectivity index (χ4v) is 4.10. The smallest absolute Gasteiger partial charge is 0.267 e. The summed E-state index contributed by atoms with van der Waals surface area (Å²) in [4.78, 5) is 34.4. The monoisotopic (exact) mass is 404 g/mol. The van der Waals surface area contributed by atoms with Crippen molar-refractivity contribution in [3.8, 4) is 0 Å². The zero-order valence-corrected chi connectivity index (χ0v) is 16.6. The van der Waals surface area contributed by atoms with E-state index in [1.54, 1.807) is 30.7 Å². The van der Waals surface area contributed by atoms with E-state index in [0.29, 0.717) is 28.0 Å². The summed E-state index contributed by atoms with van der Waals surface area (Å²) in [7, 11) is 0. The number of aromatic nitrogens is 2. The first-order chi connectivity index (χ1) is 13.0. The van der Waals surface area contributed by atoms with Gasteiger partial charge in [0.05, 0.1) is 17.5 Å². The Labute approximate surface area is 166 Å². The largest absolute Gasteiger partial charge is 0.465 e. The van der Waals surface area contributed by atoms with Crippen LogP contribution in [0, 0.1) is 5.92 Å². The van der Waals surface area contributed by atoms with Gasteiger partial charge in [-0.05, 0) is 18.1 Å². The van der Waals surface area contributed by atoms with Gasteiger partial charge in [0.1, 0.15) is 16.1 Å². The third-order valence-electron chi connectivity index (χ3n) is 4.07. The normalized spacial score (nSPS) is 17.1. The molecule has 142 valence electrons. The second-order valence-corrected chi connectivity index (χ2v) is 8.05. The molecule has 3 heterocycles. The lowest BCUT2D eigenvalue weighted by molar-refractivity contribution is -0.134. The number of carbonyl (C=O) groups is 2. The number of imidazole rings is 1. The van der Waals surface area contributed by atoms with Gasteiger partial charge in [-0.1, -0.05) is 37.8 Å². The Bertz CT molecular complexity index is 844. The van der Waals surface area contributed by atoms with E-state index < -0.39 is 6.04 Å². The molecule has 3 rings (SSSR count). The highest BCUT2D eigenvalue weighted by Gasteiger charge is 2.41. The number of furan rings is 1. The van der Waals surface area contributed by atoms with E-state index in [4.69, 9.17) is 16.6 Å². The van der Waals surface area contributed by atoms with Crippen molar-refractivity contribution in [2.45, 2.75) is 26.3 Å². The molecule has 7 nitrogen and oxygen atoms in total. The van der Waals surface area contributed by atoms with E-state index >= 15 is 0 Å². The molecule has 0 aromatic carbocycles. The SMILES string of the molecule is CC(C)[C@H](C(=O)NCCc1cnc[nH]1)N1C(=O)/C(=C/c2ccco2)SC1=S. The van der Waals surface area contributed by atoms with E-state index in [2.05, 4.69) is 15.3 Å². The lowest BCUT2D eigenvalue weighted by Crippen LogP contribution is -2.51. The molecule has 0 radical (unpaired) electrons. The second kappa shape index (κ2) is 8.53. The molecular weight excluding hydrogens is 384 g/mol. The maximum atomic E-state index is 12.9.